The molecule has 1 unspecified atom stereocenters. The maximum Gasteiger partial charge on any atom is 0.339 e. The Balaban J connectivity index is 1.77. The zero-order valence-electron chi connectivity index (χ0n) is 17.4. The second-order valence-electron chi connectivity index (χ2n) is 7.54. The number of methoxy groups -OCH3 is 1. The van der Waals surface area contributed by atoms with Crippen molar-refractivity contribution in [2.24, 2.45) is 0 Å². The van der Waals surface area contributed by atoms with Crippen molar-refractivity contribution in [3.05, 3.63) is 52.5 Å². The van der Waals surface area contributed by atoms with Crippen molar-refractivity contribution in [3.63, 3.8) is 0 Å². The van der Waals surface area contributed by atoms with Crippen LogP contribution in [0.1, 0.15) is 49.2 Å². The number of carbonyl (C=O) groups excluding carboxylic acids is 1. The van der Waals surface area contributed by atoms with Gasteiger partial charge in [0.15, 0.2) is 5.11 Å². The third-order valence-electron chi connectivity index (χ3n) is 4.70. The van der Waals surface area contributed by atoms with Crippen LogP contribution in [-0.4, -0.2) is 30.4 Å². The standard InChI is InChI=1S/C22H25ClN2O4S/c1-5-28-20(26)16-10-13(6-9-17(16)23)24-21(30)25-18-12-22(2,3)29-19-11-14(27-4)7-8-15(18)19/h6-11,18H,5,12H2,1-4H3,(H2,24,25,30). The molecule has 8 heteroatoms. The molecule has 1 heterocycles. The van der Waals surface area contributed by atoms with E-state index in [1.54, 1.807) is 32.2 Å². The molecule has 0 bridgehead atoms. The van der Waals surface area contributed by atoms with E-state index in [2.05, 4.69) is 10.6 Å². The summed E-state index contributed by atoms with van der Waals surface area (Å²) in [4.78, 5) is 12.1. The molecule has 0 radical (unpaired) electrons. The minimum Gasteiger partial charge on any atom is -0.497 e. The van der Waals surface area contributed by atoms with Crippen LogP contribution < -0.4 is 20.1 Å². The fraction of sp³-hybridized carbons (Fsp3) is 0.364. The molecule has 0 aromatic heterocycles. The first-order valence-corrected chi connectivity index (χ1v) is 10.4. The third-order valence-corrected chi connectivity index (χ3v) is 5.25. The van der Waals surface area contributed by atoms with Crippen LogP contribution in [-0.2, 0) is 4.74 Å². The summed E-state index contributed by atoms with van der Waals surface area (Å²) < 4.78 is 16.5. The van der Waals surface area contributed by atoms with E-state index in [1.807, 2.05) is 32.0 Å². The average Bonchev–Trinajstić information content (AvgIpc) is 2.68. The molecule has 1 atom stereocenters. The van der Waals surface area contributed by atoms with Gasteiger partial charge in [0.1, 0.15) is 17.1 Å². The highest BCUT2D eigenvalue weighted by Crippen LogP contribution is 2.41. The van der Waals surface area contributed by atoms with E-state index >= 15 is 0 Å². The fourth-order valence-electron chi connectivity index (χ4n) is 3.38. The van der Waals surface area contributed by atoms with E-state index in [0.29, 0.717) is 15.8 Å². The van der Waals surface area contributed by atoms with E-state index < -0.39 is 5.97 Å². The highest BCUT2D eigenvalue weighted by molar-refractivity contribution is 7.80. The summed E-state index contributed by atoms with van der Waals surface area (Å²) in [5.41, 5.74) is 1.56. The molecule has 6 nitrogen and oxygen atoms in total. The maximum atomic E-state index is 12.1. The van der Waals surface area contributed by atoms with Crippen LogP contribution in [0.3, 0.4) is 0 Å². The molecule has 160 valence electrons. The van der Waals surface area contributed by atoms with Crippen molar-refractivity contribution in [2.75, 3.05) is 19.0 Å². The molecule has 1 aliphatic heterocycles. The first-order chi connectivity index (χ1) is 14.2. The van der Waals surface area contributed by atoms with Crippen LogP contribution in [0, 0.1) is 0 Å². The van der Waals surface area contributed by atoms with Crippen LogP contribution in [0.2, 0.25) is 5.02 Å². The van der Waals surface area contributed by atoms with E-state index in [9.17, 15) is 4.79 Å². The number of nitrogens with one attached hydrogen (secondary N) is 2. The minimum atomic E-state index is -0.473. The number of benzene rings is 2. The van der Waals surface area contributed by atoms with Gasteiger partial charge in [-0.1, -0.05) is 11.6 Å². The van der Waals surface area contributed by atoms with Crippen LogP contribution in [0.15, 0.2) is 36.4 Å². The summed E-state index contributed by atoms with van der Waals surface area (Å²) >= 11 is 11.7. The van der Waals surface area contributed by atoms with Gasteiger partial charge >= 0.3 is 5.97 Å². The smallest absolute Gasteiger partial charge is 0.339 e. The third kappa shape index (κ3) is 5.15. The second kappa shape index (κ2) is 9.10. The quantitative estimate of drug-likeness (QED) is 0.486. The first-order valence-electron chi connectivity index (χ1n) is 9.63. The summed E-state index contributed by atoms with van der Waals surface area (Å²) in [5.74, 6) is 1.03. The highest BCUT2D eigenvalue weighted by atomic mass is 35.5. The van der Waals surface area contributed by atoms with Gasteiger partial charge in [0.2, 0.25) is 0 Å². The van der Waals surface area contributed by atoms with E-state index in [1.165, 1.54) is 0 Å². The lowest BCUT2D eigenvalue weighted by Gasteiger charge is -2.38. The number of carbonyl (C=O) groups is 1. The van der Waals surface area contributed by atoms with Crippen molar-refractivity contribution >= 4 is 40.6 Å². The van der Waals surface area contributed by atoms with Gasteiger partial charge in [0.25, 0.3) is 0 Å². The highest BCUT2D eigenvalue weighted by Gasteiger charge is 2.34. The van der Waals surface area contributed by atoms with Gasteiger partial charge < -0.3 is 24.8 Å². The van der Waals surface area contributed by atoms with Gasteiger partial charge in [-0.15, -0.1) is 0 Å². The number of esters is 1. The molecule has 30 heavy (non-hydrogen) atoms. The number of rotatable bonds is 5. The Morgan fingerprint density at radius 3 is 2.77 bits per heavy atom. The van der Waals surface area contributed by atoms with Crippen molar-refractivity contribution in [2.45, 2.75) is 38.8 Å². The Bertz CT molecular complexity index is 964. The van der Waals surface area contributed by atoms with Crippen LogP contribution >= 0.6 is 23.8 Å². The molecule has 0 spiro atoms. The van der Waals surface area contributed by atoms with Crippen molar-refractivity contribution in [1.29, 1.82) is 0 Å². The fourth-order valence-corrected chi connectivity index (χ4v) is 3.84. The van der Waals surface area contributed by atoms with E-state index in [4.69, 9.17) is 38.0 Å². The Morgan fingerprint density at radius 1 is 1.30 bits per heavy atom. The van der Waals surface area contributed by atoms with Gasteiger partial charge in [-0.05, 0) is 63.3 Å². The van der Waals surface area contributed by atoms with Crippen molar-refractivity contribution in [1.82, 2.24) is 5.32 Å². The molecule has 0 fully saturated rings. The summed E-state index contributed by atoms with van der Waals surface area (Å²) in [5, 5.41) is 7.23. The number of fused-ring (bicyclic) bond motifs is 1. The molecule has 2 aromatic rings. The van der Waals surface area contributed by atoms with E-state index in [0.717, 1.165) is 23.5 Å². The summed E-state index contributed by atoms with van der Waals surface area (Å²) in [6.45, 7) is 6.09. The largest absolute Gasteiger partial charge is 0.497 e. The van der Waals surface area contributed by atoms with Crippen LogP contribution in [0.5, 0.6) is 11.5 Å². The summed E-state index contributed by atoms with van der Waals surface area (Å²) in [6.07, 6.45) is 0.725. The topological polar surface area (TPSA) is 68.8 Å². The maximum absolute atomic E-state index is 12.1. The molecule has 0 amide bonds. The normalized spacial score (nSPS) is 16.6. The summed E-state index contributed by atoms with van der Waals surface area (Å²) in [7, 11) is 1.63. The monoisotopic (exact) mass is 448 g/mol. The minimum absolute atomic E-state index is 0.0496. The molecule has 3 rings (SSSR count). The van der Waals surface area contributed by atoms with Gasteiger partial charge in [-0.2, -0.15) is 0 Å². The van der Waals surface area contributed by atoms with Crippen LogP contribution in [0.4, 0.5) is 5.69 Å². The SMILES string of the molecule is CCOC(=O)c1cc(NC(=S)NC2CC(C)(C)Oc3cc(OC)ccc32)ccc1Cl. The van der Waals surface area contributed by atoms with E-state index in [-0.39, 0.29) is 23.8 Å². The lowest BCUT2D eigenvalue weighted by atomic mass is 9.89. The predicted octanol–water partition coefficient (Wildman–Crippen LogP) is 5.11. The number of hydrogen-bond acceptors (Lipinski definition) is 5. The molecule has 0 saturated carbocycles. The van der Waals surface area contributed by atoms with Crippen molar-refractivity contribution in [3.8, 4) is 11.5 Å². The summed E-state index contributed by atoms with van der Waals surface area (Å²) in [6, 6.07) is 10.7. The molecular weight excluding hydrogens is 424 g/mol. The zero-order chi connectivity index (χ0) is 21.9. The first kappa shape index (κ1) is 22.2. The Morgan fingerprint density at radius 2 is 2.07 bits per heavy atom. The number of hydrogen-bond donors (Lipinski definition) is 2. The zero-order valence-corrected chi connectivity index (χ0v) is 18.9. The lowest BCUT2D eigenvalue weighted by Crippen LogP contribution is -2.42. The molecule has 0 saturated heterocycles. The molecular formula is C22H25ClN2O4S. The molecule has 1 aliphatic rings. The number of halogens is 1. The number of ether oxygens (including phenoxy) is 3. The average molecular weight is 449 g/mol. The molecule has 2 N–H and O–H groups in total. The number of anilines is 1. The Kier molecular flexibility index (Phi) is 6.73. The van der Waals surface area contributed by atoms with Gasteiger partial charge in [-0.25, -0.2) is 4.79 Å². The predicted molar refractivity (Wildman–Crippen MR) is 122 cm³/mol. The lowest BCUT2D eigenvalue weighted by molar-refractivity contribution is 0.0526. The van der Waals surface area contributed by atoms with Gasteiger partial charge in [-0.3, -0.25) is 0 Å². The Labute approximate surface area is 186 Å². The molecule has 2 aromatic carbocycles. The molecule has 0 aliphatic carbocycles. The number of thiocarbonyl (C=S) groups is 1. The van der Waals surface area contributed by atoms with Crippen LogP contribution in [0.25, 0.3) is 0 Å². The second-order valence-corrected chi connectivity index (χ2v) is 8.35. The van der Waals surface area contributed by atoms with Gasteiger partial charge in [0, 0.05) is 23.7 Å². The van der Waals surface area contributed by atoms with Gasteiger partial charge in [0.05, 0.1) is 30.3 Å². The Hall–Kier alpha value is -2.51. The van der Waals surface area contributed by atoms with Crippen molar-refractivity contribution < 1.29 is 19.0 Å².